The number of pyridine rings is 1. The molecule has 3 heterocycles. The van der Waals surface area contributed by atoms with Gasteiger partial charge in [-0.25, -0.2) is 14.8 Å². The van der Waals surface area contributed by atoms with E-state index in [9.17, 15) is 9.90 Å². The van der Waals surface area contributed by atoms with Crippen molar-refractivity contribution >= 4 is 28.3 Å². The van der Waals surface area contributed by atoms with Gasteiger partial charge in [0.2, 0.25) is 0 Å². The first-order valence-electron chi connectivity index (χ1n) is 14.2. The molecule has 8 nitrogen and oxygen atoms in total. The first-order chi connectivity index (χ1) is 19.3. The van der Waals surface area contributed by atoms with Gasteiger partial charge >= 0.3 is 6.09 Å². The standard InChI is InChI=1S/C33H37N5O3/c1-20-16-26-34-17-25-21(2)27(22-10-8-7-9-11-22)28(35-29(25)38(26)37-20)23-12-14-24(15-13-23)33(18-32(6,40)19-33)36-30(39)41-31(3,4)5/h7-8,10,12-17,40H,9,11,18-19H2,1-6H3,(H,36,39). The van der Waals surface area contributed by atoms with Crippen molar-refractivity contribution in [2.75, 3.05) is 0 Å². The minimum absolute atomic E-state index is 0.403. The number of aryl methyl sites for hydroxylation is 2. The SMILES string of the molecule is Cc1cc2ncc3c(C)c(C4=CC=CCC4)c(-c4ccc(C5(NC(=O)OC(C)(C)C)CC(C)(O)C5)cc4)nc3n2n1. The van der Waals surface area contributed by atoms with E-state index in [1.807, 2.05) is 56.6 Å². The number of benzene rings is 1. The highest BCUT2D eigenvalue weighted by atomic mass is 16.6. The van der Waals surface area contributed by atoms with Gasteiger partial charge < -0.3 is 15.2 Å². The molecule has 0 radical (unpaired) electrons. The lowest BCUT2D eigenvalue weighted by atomic mass is 9.62. The molecule has 1 fully saturated rings. The highest BCUT2D eigenvalue weighted by Crippen LogP contribution is 2.49. The summed E-state index contributed by atoms with van der Waals surface area (Å²) in [6, 6.07) is 10.1. The second-order valence-corrected chi connectivity index (χ2v) is 12.8. The summed E-state index contributed by atoms with van der Waals surface area (Å²) >= 11 is 0. The minimum atomic E-state index is -0.861. The van der Waals surface area contributed by atoms with E-state index in [0.29, 0.717) is 12.8 Å². The zero-order chi connectivity index (χ0) is 29.2. The van der Waals surface area contributed by atoms with Gasteiger partial charge in [0, 0.05) is 41.6 Å². The number of alkyl carbamates (subject to hydrolysis) is 1. The maximum absolute atomic E-state index is 12.8. The van der Waals surface area contributed by atoms with Gasteiger partial charge in [0.1, 0.15) is 5.60 Å². The normalized spacial score (nSPS) is 22.5. The lowest BCUT2D eigenvalue weighted by Crippen LogP contribution is -2.62. The molecule has 0 atom stereocenters. The summed E-state index contributed by atoms with van der Waals surface area (Å²) in [4.78, 5) is 22.7. The fraction of sp³-hybridized carbons (Fsp3) is 0.394. The quantitative estimate of drug-likeness (QED) is 0.298. The van der Waals surface area contributed by atoms with Crippen LogP contribution in [0.25, 0.3) is 33.5 Å². The molecule has 2 aliphatic rings. The lowest BCUT2D eigenvalue weighted by molar-refractivity contribution is -0.0892. The van der Waals surface area contributed by atoms with Gasteiger partial charge in [0.15, 0.2) is 11.3 Å². The lowest BCUT2D eigenvalue weighted by Gasteiger charge is -2.52. The van der Waals surface area contributed by atoms with Crippen LogP contribution < -0.4 is 5.32 Å². The third-order valence-electron chi connectivity index (χ3n) is 7.97. The predicted octanol–water partition coefficient (Wildman–Crippen LogP) is 6.56. The maximum Gasteiger partial charge on any atom is 0.408 e. The number of carbonyl (C=O) groups is 1. The average Bonchev–Trinajstić information content (AvgIpc) is 3.27. The molecular formula is C33H37N5O3. The molecule has 41 heavy (non-hydrogen) atoms. The fourth-order valence-corrected chi connectivity index (χ4v) is 6.35. The van der Waals surface area contributed by atoms with Crippen LogP contribution in [0.1, 0.15) is 75.8 Å². The van der Waals surface area contributed by atoms with Gasteiger partial charge in [-0.05, 0) is 71.1 Å². The van der Waals surface area contributed by atoms with Gasteiger partial charge in [-0.3, -0.25) is 0 Å². The van der Waals surface area contributed by atoms with Crippen molar-refractivity contribution in [1.82, 2.24) is 24.9 Å². The van der Waals surface area contributed by atoms with Crippen LogP contribution in [-0.2, 0) is 10.3 Å². The molecule has 0 aliphatic heterocycles. The molecule has 8 heteroatoms. The summed E-state index contributed by atoms with van der Waals surface area (Å²) in [7, 11) is 0. The van der Waals surface area contributed by atoms with Crippen LogP contribution in [0.4, 0.5) is 4.79 Å². The Labute approximate surface area is 240 Å². The van der Waals surface area contributed by atoms with Crippen LogP contribution in [0.3, 0.4) is 0 Å². The van der Waals surface area contributed by atoms with E-state index < -0.39 is 22.8 Å². The van der Waals surface area contributed by atoms with Gasteiger partial charge in [0.25, 0.3) is 0 Å². The summed E-state index contributed by atoms with van der Waals surface area (Å²) in [5.74, 6) is 0. The van der Waals surface area contributed by atoms with E-state index in [4.69, 9.17) is 9.72 Å². The van der Waals surface area contributed by atoms with Crippen LogP contribution in [-0.4, -0.2) is 42.0 Å². The van der Waals surface area contributed by atoms with Gasteiger partial charge in [-0.2, -0.15) is 9.61 Å². The summed E-state index contributed by atoms with van der Waals surface area (Å²) in [5, 5.41) is 19.4. The van der Waals surface area contributed by atoms with Crippen molar-refractivity contribution in [2.45, 2.75) is 84.0 Å². The zero-order valence-corrected chi connectivity index (χ0v) is 24.6. The van der Waals surface area contributed by atoms with Crippen LogP contribution in [0.2, 0.25) is 0 Å². The van der Waals surface area contributed by atoms with Crippen molar-refractivity contribution in [2.24, 2.45) is 0 Å². The Balaban J connectivity index is 1.46. The molecule has 0 spiro atoms. The molecule has 1 aromatic carbocycles. The Morgan fingerprint density at radius 2 is 1.88 bits per heavy atom. The van der Waals surface area contributed by atoms with Crippen molar-refractivity contribution in [3.63, 3.8) is 0 Å². The number of aliphatic hydroxyl groups is 1. The number of fused-ring (bicyclic) bond motifs is 3. The number of nitrogens with one attached hydrogen (secondary N) is 1. The van der Waals surface area contributed by atoms with E-state index in [-0.39, 0.29) is 0 Å². The Morgan fingerprint density at radius 3 is 2.51 bits per heavy atom. The van der Waals surface area contributed by atoms with E-state index >= 15 is 0 Å². The number of aromatic nitrogens is 4. The first kappa shape index (κ1) is 27.1. The van der Waals surface area contributed by atoms with E-state index in [1.54, 1.807) is 6.92 Å². The smallest absolute Gasteiger partial charge is 0.408 e. The highest BCUT2D eigenvalue weighted by molar-refractivity contribution is 5.92. The van der Waals surface area contributed by atoms with Gasteiger partial charge in [-0.1, -0.05) is 42.5 Å². The third kappa shape index (κ3) is 5.01. The topological polar surface area (TPSA) is 102 Å². The number of allylic oxidation sites excluding steroid dienone is 4. The molecular weight excluding hydrogens is 514 g/mol. The summed E-state index contributed by atoms with van der Waals surface area (Å²) in [6.45, 7) is 11.4. The fourth-order valence-electron chi connectivity index (χ4n) is 6.35. The predicted molar refractivity (Wildman–Crippen MR) is 160 cm³/mol. The molecule has 0 saturated heterocycles. The van der Waals surface area contributed by atoms with Crippen molar-refractivity contribution < 1.29 is 14.6 Å². The van der Waals surface area contributed by atoms with E-state index in [0.717, 1.165) is 63.2 Å². The third-order valence-corrected chi connectivity index (χ3v) is 7.97. The molecule has 0 unspecified atom stereocenters. The second-order valence-electron chi connectivity index (χ2n) is 12.8. The number of hydrogen-bond acceptors (Lipinski definition) is 6. The number of ether oxygens (including phenoxy) is 1. The van der Waals surface area contributed by atoms with Crippen molar-refractivity contribution in [3.8, 4) is 11.3 Å². The Hall–Kier alpha value is -4.04. The minimum Gasteiger partial charge on any atom is -0.444 e. The Morgan fingerprint density at radius 1 is 1.15 bits per heavy atom. The number of carbonyl (C=O) groups excluding carboxylic acids is 1. The monoisotopic (exact) mass is 551 g/mol. The number of rotatable bonds is 4. The molecule has 0 bridgehead atoms. The molecule has 1 amide bonds. The van der Waals surface area contributed by atoms with Gasteiger partial charge in [-0.15, -0.1) is 0 Å². The Kier molecular flexibility index (Phi) is 6.30. The largest absolute Gasteiger partial charge is 0.444 e. The molecule has 3 aromatic heterocycles. The average molecular weight is 552 g/mol. The molecule has 4 aromatic rings. The van der Waals surface area contributed by atoms with Crippen LogP contribution in [0.5, 0.6) is 0 Å². The Bertz CT molecular complexity index is 1730. The van der Waals surface area contributed by atoms with Gasteiger partial charge in [0.05, 0.1) is 22.5 Å². The number of nitrogens with zero attached hydrogens (tertiary/aromatic N) is 4. The number of hydrogen-bond donors (Lipinski definition) is 2. The zero-order valence-electron chi connectivity index (χ0n) is 24.6. The van der Waals surface area contributed by atoms with E-state index in [2.05, 4.69) is 52.7 Å². The molecule has 2 N–H and O–H groups in total. The first-order valence-corrected chi connectivity index (χ1v) is 14.2. The van der Waals surface area contributed by atoms with Crippen LogP contribution in [0.15, 0.2) is 54.8 Å². The van der Waals surface area contributed by atoms with E-state index in [1.165, 1.54) is 5.57 Å². The highest BCUT2D eigenvalue weighted by Gasteiger charge is 2.53. The van der Waals surface area contributed by atoms with Crippen molar-refractivity contribution in [3.05, 3.63) is 77.1 Å². The second kappa shape index (κ2) is 9.52. The number of amides is 1. The molecule has 212 valence electrons. The molecule has 6 rings (SSSR count). The van der Waals surface area contributed by atoms with Crippen LogP contribution >= 0.6 is 0 Å². The van der Waals surface area contributed by atoms with Crippen molar-refractivity contribution in [1.29, 1.82) is 0 Å². The molecule has 2 aliphatic carbocycles. The van der Waals surface area contributed by atoms with Crippen LogP contribution in [0, 0.1) is 13.8 Å². The summed E-state index contributed by atoms with van der Waals surface area (Å²) in [5.41, 5.74) is 6.50. The summed E-state index contributed by atoms with van der Waals surface area (Å²) in [6.07, 6.45) is 10.6. The summed E-state index contributed by atoms with van der Waals surface area (Å²) < 4.78 is 7.38. The maximum atomic E-state index is 12.8. The molecule has 1 saturated carbocycles.